The first-order chi connectivity index (χ1) is 10.1. The Morgan fingerprint density at radius 2 is 1.90 bits per heavy atom. The van der Waals surface area contributed by atoms with Crippen LogP contribution in [0.2, 0.25) is 0 Å². The molecule has 0 saturated heterocycles. The van der Waals surface area contributed by atoms with Crippen LogP contribution < -0.4 is 5.32 Å². The van der Waals surface area contributed by atoms with Crippen LogP contribution in [-0.4, -0.2) is 6.54 Å². The minimum absolute atomic E-state index is 0.101. The highest BCUT2D eigenvalue weighted by Crippen LogP contribution is 2.21. The Kier molecular flexibility index (Phi) is 6.11. The lowest BCUT2D eigenvalue weighted by Crippen LogP contribution is -2.24. The van der Waals surface area contributed by atoms with Crippen molar-refractivity contribution in [2.75, 3.05) is 6.54 Å². The minimum atomic E-state index is -0.800. The number of hydrogen-bond donors (Lipinski definition) is 1. The van der Waals surface area contributed by atoms with E-state index in [0.29, 0.717) is 6.42 Å². The van der Waals surface area contributed by atoms with E-state index in [1.807, 2.05) is 12.1 Å². The standard InChI is InChI=1S/C17H18F2IN/c1-2-8-21-17(13-4-3-5-14(20)11-13)10-12-6-7-15(18)16(19)9-12/h3-7,9,11,17,21H,2,8,10H2,1H3. The highest BCUT2D eigenvalue weighted by Gasteiger charge is 2.13. The van der Waals surface area contributed by atoms with E-state index in [0.717, 1.165) is 18.5 Å². The summed E-state index contributed by atoms with van der Waals surface area (Å²) < 4.78 is 27.5. The van der Waals surface area contributed by atoms with E-state index in [1.54, 1.807) is 6.07 Å². The molecule has 2 aromatic carbocycles. The van der Waals surface area contributed by atoms with Crippen LogP contribution in [0, 0.1) is 15.2 Å². The molecule has 0 fully saturated rings. The van der Waals surface area contributed by atoms with Gasteiger partial charge in [0.2, 0.25) is 0 Å². The first-order valence-corrected chi connectivity index (χ1v) is 8.10. The van der Waals surface area contributed by atoms with Crippen LogP contribution in [0.3, 0.4) is 0 Å². The fourth-order valence-corrected chi connectivity index (χ4v) is 2.82. The summed E-state index contributed by atoms with van der Waals surface area (Å²) in [5.41, 5.74) is 1.96. The van der Waals surface area contributed by atoms with Gasteiger partial charge >= 0.3 is 0 Å². The van der Waals surface area contributed by atoms with Gasteiger partial charge in [-0.1, -0.05) is 25.1 Å². The minimum Gasteiger partial charge on any atom is -0.310 e. The smallest absolute Gasteiger partial charge is 0.159 e. The van der Waals surface area contributed by atoms with Crippen LogP contribution in [0.15, 0.2) is 42.5 Å². The van der Waals surface area contributed by atoms with Crippen LogP contribution in [0.5, 0.6) is 0 Å². The Labute approximate surface area is 137 Å². The molecular weight excluding hydrogens is 383 g/mol. The third kappa shape index (κ3) is 4.74. The van der Waals surface area contributed by atoms with Gasteiger partial charge < -0.3 is 5.32 Å². The van der Waals surface area contributed by atoms with Crippen molar-refractivity contribution >= 4 is 22.6 Å². The van der Waals surface area contributed by atoms with Crippen LogP contribution in [0.1, 0.15) is 30.5 Å². The third-order valence-electron chi connectivity index (χ3n) is 3.32. The maximum Gasteiger partial charge on any atom is 0.159 e. The number of nitrogens with one attached hydrogen (secondary N) is 1. The van der Waals surface area contributed by atoms with E-state index in [9.17, 15) is 8.78 Å². The van der Waals surface area contributed by atoms with Gasteiger partial charge in [0.05, 0.1) is 0 Å². The summed E-state index contributed by atoms with van der Waals surface area (Å²) in [5.74, 6) is -1.59. The summed E-state index contributed by atoms with van der Waals surface area (Å²) >= 11 is 2.28. The lowest BCUT2D eigenvalue weighted by molar-refractivity contribution is 0.500. The molecular formula is C17H18F2IN. The van der Waals surface area contributed by atoms with Gasteiger partial charge in [-0.15, -0.1) is 0 Å². The fourth-order valence-electron chi connectivity index (χ4n) is 2.25. The molecule has 2 aromatic rings. The van der Waals surface area contributed by atoms with Crippen LogP contribution in [0.25, 0.3) is 0 Å². The number of hydrogen-bond acceptors (Lipinski definition) is 1. The van der Waals surface area contributed by atoms with Gasteiger partial charge in [0, 0.05) is 9.61 Å². The molecule has 0 heterocycles. The topological polar surface area (TPSA) is 12.0 Å². The Morgan fingerprint density at radius 3 is 2.57 bits per heavy atom. The van der Waals surface area contributed by atoms with Gasteiger partial charge in [-0.05, 0) is 77.4 Å². The molecule has 0 bridgehead atoms. The van der Waals surface area contributed by atoms with Gasteiger partial charge in [0.25, 0.3) is 0 Å². The molecule has 4 heteroatoms. The van der Waals surface area contributed by atoms with E-state index in [4.69, 9.17) is 0 Å². The monoisotopic (exact) mass is 401 g/mol. The first kappa shape index (κ1) is 16.4. The van der Waals surface area contributed by atoms with Crippen molar-refractivity contribution in [2.45, 2.75) is 25.8 Å². The Hall–Kier alpha value is -1.01. The van der Waals surface area contributed by atoms with Gasteiger partial charge in [-0.25, -0.2) is 8.78 Å². The van der Waals surface area contributed by atoms with E-state index in [-0.39, 0.29) is 6.04 Å². The molecule has 0 aliphatic heterocycles. The van der Waals surface area contributed by atoms with Crippen molar-refractivity contribution < 1.29 is 8.78 Å². The molecule has 1 nitrogen and oxygen atoms in total. The largest absolute Gasteiger partial charge is 0.310 e. The molecule has 0 aliphatic rings. The van der Waals surface area contributed by atoms with Crippen molar-refractivity contribution in [3.05, 3.63) is 68.8 Å². The Morgan fingerprint density at radius 1 is 1.10 bits per heavy atom. The maximum atomic E-state index is 13.4. The van der Waals surface area contributed by atoms with E-state index < -0.39 is 11.6 Å². The summed E-state index contributed by atoms with van der Waals surface area (Å²) in [6.45, 7) is 3.00. The zero-order valence-corrected chi connectivity index (χ0v) is 14.0. The maximum absolute atomic E-state index is 13.4. The number of rotatable bonds is 6. The average Bonchev–Trinajstić information content (AvgIpc) is 2.47. The molecule has 112 valence electrons. The lowest BCUT2D eigenvalue weighted by atomic mass is 9.98. The summed E-state index contributed by atoms with van der Waals surface area (Å²) in [5, 5.41) is 3.48. The molecule has 1 unspecified atom stereocenters. The zero-order valence-electron chi connectivity index (χ0n) is 11.9. The van der Waals surface area contributed by atoms with Gasteiger partial charge in [0.15, 0.2) is 11.6 Å². The second-order valence-electron chi connectivity index (χ2n) is 5.01. The molecule has 0 aromatic heterocycles. The molecule has 21 heavy (non-hydrogen) atoms. The third-order valence-corrected chi connectivity index (χ3v) is 3.99. The normalized spacial score (nSPS) is 12.4. The van der Waals surface area contributed by atoms with Gasteiger partial charge in [-0.2, -0.15) is 0 Å². The molecule has 0 spiro atoms. The highest BCUT2D eigenvalue weighted by molar-refractivity contribution is 14.1. The first-order valence-electron chi connectivity index (χ1n) is 7.03. The summed E-state index contributed by atoms with van der Waals surface area (Å²) in [7, 11) is 0. The molecule has 1 N–H and O–H groups in total. The molecule has 1 atom stereocenters. The summed E-state index contributed by atoms with van der Waals surface area (Å²) in [6.07, 6.45) is 1.66. The second-order valence-corrected chi connectivity index (χ2v) is 6.26. The predicted octanol–water partition coefficient (Wildman–Crippen LogP) is 4.85. The van der Waals surface area contributed by atoms with E-state index in [2.05, 4.69) is 47.0 Å². The lowest BCUT2D eigenvalue weighted by Gasteiger charge is -2.19. The van der Waals surface area contributed by atoms with Crippen molar-refractivity contribution in [1.29, 1.82) is 0 Å². The number of halogens is 3. The number of benzene rings is 2. The molecule has 2 rings (SSSR count). The summed E-state index contributed by atoms with van der Waals surface area (Å²) in [4.78, 5) is 0. The fraction of sp³-hybridized carbons (Fsp3) is 0.294. The van der Waals surface area contributed by atoms with Gasteiger partial charge in [-0.3, -0.25) is 0 Å². The average molecular weight is 401 g/mol. The Balaban J connectivity index is 2.21. The SMILES string of the molecule is CCCNC(Cc1ccc(F)c(F)c1)c1cccc(I)c1. The van der Waals surface area contributed by atoms with E-state index in [1.165, 1.54) is 21.3 Å². The zero-order chi connectivity index (χ0) is 15.2. The summed E-state index contributed by atoms with van der Waals surface area (Å²) in [6, 6.07) is 12.5. The van der Waals surface area contributed by atoms with Crippen LogP contribution in [0.4, 0.5) is 8.78 Å². The van der Waals surface area contributed by atoms with Crippen molar-refractivity contribution in [3.63, 3.8) is 0 Å². The quantitative estimate of drug-likeness (QED) is 0.683. The van der Waals surface area contributed by atoms with Crippen molar-refractivity contribution in [1.82, 2.24) is 5.32 Å². The molecule has 0 radical (unpaired) electrons. The van der Waals surface area contributed by atoms with Crippen molar-refractivity contribution in [2.24, 2.45) is 0 Å². The van der Waals surface area contributed by atoms with E-state index >= 15 is 0 Å². The molecule has 0 saturated carbocycles. The van der Waals surface area contributed by atoms with Crippen LogP contribution in [-0.2, 0) is 6.42 Å². The highest BCUT2D eigenvalue weighted by atomic mass is 127. The Bertz CT molecular complexity index is 601. The van der Waals surface area contributed by atoms with Crippen molar-refractivity contribution in [3.8, 4) is 0 Å². The van der Waals surface area contributed by atoms with Crippen LogP contribution >= 0.6 is 22.6 Å². The molecule has 0 aliphatic carbocycles. The second kappa shape index (κ2) is 7.84. The predicted molar refractivity (Wildman–Crippen MR) is 90.3 cm³/mol. The molecule has 0 amide bonds. The van der Waals surface area contributed by atoms with Gasteiger partial charge in [0.1, 0.15) is 0 Å².